The van der Waals surface area contributed by atoms with Gasteiger partial charge in [0.05, 0.1) is 11.8 Å². The number of fused-ring (bicyclic) bond motifs is 1. The lowest BCUT2D eigenvalue weighted by atomic mass is 9.94. The summed E-state index contributed by atoms with van der Waals surface area (Å²) < 4.78 is 1.65. The number of allylic oxidation sites excluding steroid dienone is 1. The van der Waals surface area contributed by atoms with E-state index in [9.17, 15) is 9.59 Å². The van der Waals surface area contributed by atoms with Gasteiger partial charge in [0.2, 0.25) is 0 Å². The van der Waals surface area contributed by atoms with Crippen LogP contribution in [-0.2, 0) is 4.79 Å². The highest BCUT2D eigenvalue weighted by molar-refractivity contribution is 6.31. The van der Waals surface area contributed by atoms with E-state index in [-0.39, 0.29) is 11.8 Å². The van der Waals surface area contributed by atoms with E-state index in [0.717, 1.165) is 22.4 Å². The van der Waals surface area contributed by atoms with E-state index in [2.05, 4.69) is 21.0 Å². The molecule has 1 aliphatic rings. The summed E-state index contributed by atoms with van der Waals surface area (Å²) >= 11 is 6.64. The van der Waals surface area contributed by atoms with Gasteiger partial charge < -0.3 is 16.0 Å². The van der Waals surface area contributed by atoms with Crippen molar-refractivity contribution in [1.29, 1.82) is 0 Å². The first-order chi connectivity index (χ1) is 18.2. The normalized spacial score (nSPS) is 14.5. The lowest BCUT2D eigenvalue weighted by Gasteiger charge is -2.30. The van der Waals surface area contributed by atoms with Crippen molar-refractivity contribution in [2.24, 2.45) is 0 Å². The monoisotopic (exact) mass is 525 g/mol. The van der Waals surface area contributed by atoms with Crippen LogP contribution in [0.5, 0.6) is 0 Å². The van der Waals surface area contributed by atoms with E-state index in [0.29, 0.717) is 38.9 Å². The Morgan fingerprint density at radius 2 is 1.66 bits per heavy atom. The van der Waals surface area contributed by atoms with Crippen LogP contribution in [0, 0.1) is 20.8 Å². The topological polar surface area (TPSA) is 88.0 Å². The lowest BCUT2D eigenvalue weighted by Crippen LogP contribution is -2.32. The Labute approximate surface area is 226 Å². The van der Waals surface area contributed by atoms with Crippen molar-refractivity contribution in [1.82, 2.24) is 9.78 Å². The van der Waals surface area contributed by atoms with Crippen molar-refractivity contribution in [3.05, 3.63) is 117 Å². The first-order valence-corrected chi connectivity index (χ1v) is 12.7. The molecule has 0 bridgehead atoms. The Hall–Kier alpha value is -4.36. The minimum atomic E-state index is -0.647. The molecule has 0 radical (unpaired) electrons. The van der Waals surface area contributed by atoms with Crippen molar-refractivity contribution in [2.75, 3.05) is 16.0 Å². The number of aryl methyl sites for hydroxylation is 3. The summed E-state index contributed by atoms with van der Waals surface area (Å²) in [5.74, 6) is -0.0994. The Balaban J connectivity index is 1.56. The Bertz CT molecular complexity index is 1600. The maximum atomic E-state index is 13.8. The maximum absolute atomic E-state index is 13.8. The van der Waals surface area contributed by atoms with Crippen LogP contribution in [0.1, 0.15) is 45.6 Å². The van der Waals surface area contributed by atoms with Crippen molar-refractivity contribution >= 4 is 40.6 Å². The first kappa shape index (κ1) is 25.3. The summed E-state index contributed by atoms with van der Waals surface area (Å²) in [7, 11) is 0. The number of anilines is 3. The molecule has 1 aromatic heterocycles. The summed E-state index contributed by atoms with van der Waals surface area (Å²) in [5.41, 5.74) is 6.65. The molecular weight excluding hydrogens is 498 g/mol. The average molecular weight is 526 g/mol. The molecule has 1 atom stereocenters. The molecule has 192 valence electrons. The SMILES string of the molecule is CC1=C(C(=O)Nc2ccc(C)cc2C)[C@H](c2ccccc2Cl)n2ncc(C(=O)Nc3cccc(C)c3)c2N1. The molecule has 0 saturated heterocycles. The number of carbonyl (C=O) groups is 2. The van der Waals surface area contributed by atoms with Gasteiger partial charge >= 0.3 is 0 Å². The molecule has 5 rings (SSSR count). The zero-order valence-corrected chi connectivity index (χ0v) is 22.4. The van der Waals surface area contributed by atoms with Crippen LogP contribution in [0.25, 0.3) is 0 Å². The molecule has 0 unspecified atom stereocenters. The molecule has 3 N–H and O–H groups in total. The van der Waals surface area contributed by atoms with E-state index in [4.69, 9.17) is 11.6 Å². The van der Waals surface area contributed by atoms with Gasteiger partial charge in [0, 0.05) is 27.7 Å². The third-order valence-electron chi connectivity index (χ3n) is 6.62. The molecule has 3 aromatic carbocycles. The van der Waals surface area contributed by atoms with E-state index >= 15 is 0 Å². The minimum absolute atomic E-state index is 0.279. The third-order valence-corrected chi connectivity index (χ3v) is 6.96. The van der Waals surface area contributed by atoms with Gasteiger partial charge in [-0.05, 0) is 63.1 Å². The van der Waals surface area contributed by atoms with Crippen LogP contribution < -0.4 is 16.0 Å². The molecule has 8 heteroatoms. The molecule has 2 heterocycles. The molecule has 4 aromatic rings. The number of hydrogen-bond donors (Lipinski definition) is 3. The minimum Gasteiger partial charge on any atom is -0.343 e. The highest BCUT2D eigenvalue weighted by atomic mass is 35.5. The number of carbonyl (C=O) groups excluding carboxylic acids is 2. The molecule has 2 amide bonds. The van der Waals surface area contributed by atoms with Crippen molar-refractivity contribution in [3.63, 3.8) is 0 Å². The van der Waals surface area contributed by atoms with Crippen LogP contribution in [0.15, 0.2) is 84.2 Å². The third kappa shape index (κ3) is 4.80. The number of benzene rings is 3. The second-order valence-electron chi connectivity index (χ2n) is 9.54. The van der Waals surface area contributed by atoms with Crippen molar-refractivity contribution < 1.29 is 9.59 Å². The van der Waals surface area contributed by atoms with Gasteiger partial charge in [-0.25, -0.2) is 4.68 Å². The second kappa shape index (κ2) is 10.2. The molecule has 0 saturated carbocycles. The first-order valence-electron chi connectivity index (χ1n) is 12.3. The number of hydrogen-bond acceptors (Lipinski definition) is 4. The van der Waals surface area contributed by atoms with E-state index in [1.807, 2.05) is 88.4 Å². The number of rotatable bonds is 5. The van der Waals surface area contributed by atoms with Gasteiger partial charge in [-0.3, -0.25) is 9.59 Å². The number of nitrogens with one attached hydrogen (secondary N) is 3. The number of nitrogens with zero attached hydrogens (tertiary/aromatic N) is 2. The van der Waals surface area contributed by atoms with E-state index in [1.165, 1.54) is 6.20 Å². The highest BCUT2D eigenvalue weighted by Gasteiger charge is 2.36. The smallest absolute Gasteiger partial charge is 0.261 e. The molecule has 1 aliphatic heterocycles. The molecule has 7 nitrogen and oxygen atoms in total. The summed E-state index contributed by atoms with van der Waals surface area (Å²) in [5, 5.41) is 14.3. The zero-order valence-electron chi connectivity index (χ0n) is 21.6. The highest BCUT2D eigenvalue weighted by Crippen LogP contribution is 2.40. The van der Waals surface area contributed by atoms with Gasteiger partial charge in [-0.15, -0.1) is 0 Å². The standard InChI is InChI=1S/C30H28ClN5O2/c1-17-8-7-9-21(15-17)34-29(37)23-16-32-36-27(22-10-5-6-11-24(22)31)26(20(4)33-28(23)36)30(38)35-25-13-12-18(2)14-19(25)3/h5-16,27,33H,1-4H3,(H,34,37)(H,35,38)/t27-/m0/s1. The molecule has 0 aliphatic carbocycles. The zero-order chi connectivity index (χ0) is 27.0. The van der Waals surface area contributed by atoms with Gasteiger partial charge in [-0.1, -0.05) is 59.6 Å². The Kier molecular flexibility index (Phi) is 6.78. The fourth-order valence-corrected chi connectivity index (χ4v) is 5.00. The van der Waals surface area contributed by atoms with Crippen molar-refractivity contribution in [2.45, 2.75) is 33.7 Å². The Morgan fingerprint density at radius 1 is 0.895 bits per heavy atom. The van der Waals surface area contributed by atoms with Crippen LogP contribution in [-0.4, -0.2) is 21.6 Å². The largest absolute Gasteiger partial charge is 0.343 e. The van der Waals surface area contributed by atoms with Gasteiger partial charge in [0.25, 0.3) is 11.8 Å². The number of halogens is 1. The predicted octanol–water partition coefficient (Wildman–Crippen LogP) is 6.64. The average Bonchev–Trinajstić information content (AvgIpc) is 3.29. The van der Waals surface area contributed by atoms with Gasteiger partial charge in [0.15, 0.2) is 0 Å². The van der Waals surface area contributed by atoms with E-state index < -0.39 is 6.04 Å². The summed E-state index contributed by atoms with van der Waals surface area (Å²) in [6, 6.07) is 20.2. The lowest BCUT2D eigenvalue weighted by molar-refractivity contribution is -0.113. The summed E-state index contributed by atoms with van der Waals surface area (Å²) in [6.45, 7) is 7.75. The Morgan fingerprint density at radius 3 is 2.39 bits per heavy atom. The molecular formula is C30H28ClN5O2. The molecule has 0 spiro atoms. The maximum Gasteiger partial charge on any atom is 0.261 e. The van der Waals surface area contributed by atoms with E-state index in [1.54, 1.807) is 10.7 Å². The van der Waals surface area contributed by atoms with Crippen molar-refractivity contribution in [3.8, 4) is 0 Å². The van der Waals surface area contributed by atoms with Gasteiger partial charge in [-0.2, -0.15) is 5.10 Å². The number of aromatic nitrogens is 2. The van der Waals surface area contributed by atoms with Crippen LogP contribution in [0.3, 0.4) is 0 Å². The molecule has 0 fully saturated rings. The second-order valence-corrected chi connectivity index (χ2v) is 9.94. The number of amides is 2. The van der Waals surface area contributed by atoms with Gasteiger partial charge in [0.1, 0.15) is 17.4 Å². The fourth-order valence-electron chi connectivity index (χ4n) is 4.76. The summed E-state index contributed by atoms with van der Waals surface area (Å²) in [6.07, 6.45) is 1.51. The molecule has 38 heavy (non-hydrogen) atoms. The summed E-state index contributed by atoms with van der Waals surface area (Å²) in [4.78, 5) is 27.0. The van der Waals surface area contributed by atoms with Crippen LogP contribution >= 0.6 is 11.6 Å². The van der Waals surface area contributed by atoms with Crippen LogP contribution in [0.4, 0.5) is 17.2 Å². The van der Waals surface area contributed by atoms with Crippen LogP contribution in [0.2, 0.25) is 5.02 Å². The predicted molar refractivity (Wildman–Crippen MR) is 152 cm³/mol. The fraction of sp³-hybridized carbons (Fsp3) is 0.167. The quantitative estimate of drug-likeness (QED) is 0.272.